The predicted molar refractivity (Wildman–Crippen MR) is 86.2 cm³/mol. The van der Waals surface area contributed by atoms with Gasteiger partial charge in [0.05, 0.1) is 18.1 Å². The van der Waals surface area contributed by atoms with Gasteiger partial charge in [0.2, 0.25) is 0 Å². The Morgan fingerprint density at radius 3 is 2.86 bits per heavy atom. The molecule has 1 fully saturated rings. The average molecular weight is 309 g/mol. The van der Waals surface area contributed by atoms with Gasteiger partial charge < -0.3 is 10.6 Å². The highest BCUT2D eigenvalue weighted by molar-refractivity contribution is 7.91. The zero-order valence-corrected chi connectivity index (χ0v) is 13.4. The van der Waals surface area contributed by atoms with E-state index in [1.807, 2.05) is 19.1 Å². The molecular weight excluding hydrogens is 286 g/mol. The summed E-state index contributed by atoms with van der Waals surface area (Å²) < 4.78 is 23.0. The van der Waals surface area contributed by atoms with Crippen molar-refractivity contribution in [3.63, 3.8) is 0 Å². The molecule has 1 unspecified atom stereocenters. The van der Waals surface area contributed by atoms with E-state index in [1.165, 1.54) is 5.56 Å². The number of guanidine groups is 1. The van der Waals surface area contributed by atoms with E-state index in [0.29, 0.717) is 18.9 Å². The van der Waals surface area contributed by atoms with Gasteiger partial charge >= 0.3 is 0 Å². The summed E-state index contributed by atoms with van der Waals surface area (Å²) in [5, 5.41) is 6.38. The summed E-state index contributed by atoms with van der Waals surface area (Å²) in [5.74, 6) is 1.14. The molecule has 0 radical (unpaired) electrons. The maximum atomic E-state index is 11.5. The molecular formula is C15H23N3O2S. The molecule has 0 aromatic heterocycles. The van der Waals surface area contributed by atoms with Gasteiger partial charge in [0.15, 0.2) is 15.8 Å². The topological polar surface area (TPSA) is 70.6 Å². The van der Waals surface area contributed by atoms with Crippen LogP contribution >= 0.6 is 0 Å². The third kappa shape index (κ3) is 5.04. The van der Waals surface area contributed by atoms with Crippen LogP contribution in [0.5, 0.6) is 0 Å². The van der Waals surface area contributed by atoms with Crippen LogP contribution in [0.15, 0.2) is 29.3 Å². The van der Waals surface area contributed by atoms with Crippen molar-refractivity contribution < 1.29 is 8.42 Å². The number of benzene rings is 1. The Morgan fingerprint density at radius 1 is 1.43 bits per heavy atom. The van der Waals surface area contributed by atoms with Gasteiger partial charge in [-0.15, -0.1) is 0 Å². The zero-order chi connectivity index (χ0) is 15.3. The molecule has 116 valence electrons. The van der Waals surface area contributed by atoms with Gasteiger partial charge in [-0.2, -0.15) is 0 Å². The monoisotopic (exact) mass is 309 g/mol. The number of rotatable bonds is 4. The van der Waals surface area contributed by atoms with Crippen LogP contribution in [0.2, 0.25) is 0 Å². The minimum absolute atomic E-state index is 0.0368. The zero-order valence-electron chi connectivity index (χ0n) is 12.6. The van der Waals surface area contributed by atoms with Gasteiger partial charge in [-0.05, 0) is 25.8 Å². The van der Waals surface area contributed by atoms with E-state index in [1.54, 1.807) is 0 Å². The second-order valence-electron chi connectivity index (χ2n) is 5.43. The van der Waals surface area contributed by atoms with Crippen molar-refractivity contribution in [1.82, 2.24) is 10.6 Å². The number of sulfone groups is 1. The number of aliphatic imine (C=N–C) groups is 1. The van der Waals surface area contributed by atoms with Crippen molar-refractivity contribution in [1.29, 1.82) is 0 Å². The number of aryl methyl sites for hydroxylation is 1. The van der Waals surface area contributed by atoms with Gasteiger partial charge in [0.1, 0.15) is 0 Å². The van der Waals surface area contributed by atoms with E-state index in [0.717, 1.165) is 12.1 Å². The normalized spacial score (nSPS) is 21.2. The largest absolute Gasteiger partial charge is 0.357 e. The summed E-state index contributed by atoms with van der Waals surface area (Å²) >= 11 is 0. The molecule has 1 saturated heterocycles. The van der Waals surface area contributed by atoms with Gasteiger partial charge in [0, 0.05) is 12.6 Å². The molecule has 1 aromatic rings. The van der Waals surface area contributed by atoms with Crippen LogP contribution in [-0.4, -0.2) is 38.5 Å². The molecule has 1 aliphatic rings. The third-order valence-electron chi connectivity index (χ3n) is 3.42. The number of hydrogen-bond donors (Lipinski definition) is 2. The highest BCUT2D eigenvalue weighted by atomic mass is 32.2. The maximum Gasteiger partial charge on any atom is 0.191 e. The fourth-order valence-electron chi connectivity index (χ4n) is 2.40. The van der Waals surface area contributed by atoms with Crippen LogP contribution in [0, 0.1) is 6.92 Å². The van der Waals surface area contributed by atoms with Crippen LogP contribution in [0.1, 0.15) is 24.5 Å². The summed E-state index contributed by atoms with van der Waals surface area (Å²) in [5.41, 5.74) is 2.36. The maximum absolute atomic E-state index is 11.5. The molecule has 1 aliphatic heterocycles. The van der Waals surface area contributed by atoms with Crippen molar-refractivity contribution in [2.24, 2.45) is 4.99 Å². The summed E-state index contributed by atoms with van der Waals surface area (Å²) in [6.45, 7) is 5.38. The first-order chi connectivity index (χ1) is 9.98. The first kappa shape index (κ1) is 15.8. The Kier molecular flexibility index (Phi) is 5.22. The lowest BCUT2D eigenvalue weighted by atomic mass is 10.1. The molecule has 6 heteroatoms. The quantitative estimate of drug-likeness (QED) is 0.648. The Bertz CT molecular complexity index is 611. The van der Waals surface area contributed by atoms with Crippen molar-refractivity contribution >= 4 is 15.8 Å². The van der Waals surface area contributed by atoms with Crippen molar-refractivity contribution in [2.75, 3.05) is 18.1 Å². The molecule has 0 saturated carbocycles. The summed E-state index contributed by atoms with van der Waals surface area (Å²) in [6, 6.07) is 8.18. The molecule has 21 heavy (non-hydrogen) atoms. The van der Waals surface area contributed by atoms with Crippen LogP contribution in [0.3, 0.4) is 0 Å². The standard InChI is InChI=1S/C15H23N3O2S/c1-3-16-15(18-14-7-8-21(19,20)11-14)17-10-13-6-4-5-12(2)9-13/h4-6,9,14H,3,7-8,10-11H2,1-2H3,(H2,16,17,18). The predicted octanol–water partition coefficient (Wildman–Crippen LogP) is 1.24. The molecule has 1 atom stereocenters. The molecule has 2 rings (SSSR count). The average Bonchev–Trinajstić information content (AvgIpc) is 2.76. The van der Waals surface area contributed by atoms with E-state index < -0.39 is 9.84 Å². The Balaban J connectivity index is 1.99. The van der Waals surface area contributed by atoms with Crippen molar-refractivity contribution in [3.8, 4) is 0 Å². The highest BCUT2D eigenvalue weighted by Crippen LogP contribution is 2.11. The second kappa shape index (κ2) is 6.93. The number of nitrogens with one attached hydrogen (secondary N) is 2. The van der Waals surface area contributed by atoms with Crippen LogP contribution in [-0.2, 0) is 16.4 Å². The smallest absolute Gasteiger partial charge is 0.191 e. The highest BCUT2D eigenvalue weighted by Gasteiger charge is 2.28. The SMILES string of the molecule is CCNC(=NCc1cccc(C)c1)NC1CCS(=O)(=O)C1. The summed E-state index contributed by atoms with van der Waals surface area (Å²) in [7, 11) is -2.87. The Hall–Kier alpha value is -1.56. The molecule has 2 N–H and O–H groups in total. The lowest BCUT2D eigenvalue weighted by molar-refractivity contribution is 0.599. The summed E-state index contributed by atoms with van der Waals surface area (Å²) in [6.07, 6.45) is 0.650. The van der Waals surface area contributed by atoms with Gasteiger partial charge in [-0.25, -0.2) is 13.4 Å². The number of hydrogen-bond acceptors (Lipinski definition) is 3. The van der Waals surface area contributed by atoms with Gasteiger partial charge in [-0.3, -0.25) is 0 Å². The lowest BCUT2D eigenvalue weighted by Crippen LogP contribution is -2.44. The second-order valence-corrected chi connectivity index (χ2v) is 7.66. The van der Waals surface area contributed by atoms with E-state index in [4.69, 9.17) is 0 Å². The molecule has 1 aromatic carbocycles. The molecule has 0 amide bonds. The molecule has 0 spiro atoms. The minimum Gasteiger partial charge on any atom is -0.357 e. The fraction of sp³-hybridized carbons (Fsp3) is 0.533. The van der Waals surface area contributed by atoms with Crippen molar-refractivity contribution in [2.45, 2.75) is 32.9 Å². The molecule has 5 nitrogen and oxygen atoms in total. The van der Waals surface area contributed by atoms with E-state index in [-0.39, 0.29) is 17.5 Å². The van der Waals surface area contributed by atoms with E-state index >= 15 is 0 Å². The van der Waals surface area contributed by atoms with E-state index in [9.17, 15) is 8.42 Å². The van der Waals surface area contributed by atoms with Gasteiger partial charge in [-0.1, -0.05) is 29.8 Å². The first-order valence-electron chi connectivity index (χ1n) is 7.29. The Morgan fingerprint density at radius 2 is 2.24 bits per heavy atom. The van der Waals surface area contributed by atoms with Crippen LogP contribution in [0.4, 0.5) is 0 Å². The summed E-state index contributed by atoms with van der Waals surface area (Å²) in [4.78, 5) is 4.54. The van der Waals surface area contributed by atoms with Crippen molar-refractivity contribution in [3.05, 3.63) is 35.4 Å². The van der Waals surface area contributed by atoms with Crippen LogP contribution in [0.25, 0.3) is 0 Å². The molecule has 1 heterocycles. The Labute approximate surface area is 126 Å². The molecule has 0 aliphatic carbocycles. The first-order valence-corrected chi connectivity index (χ1v) is 9.11. The molecule has 0 bridgehead atoms. The number of nitrogens with zero attached hydrogens (tertiary/aromatic N) is 1. The third-order valence-corrected chi connectivity index (χ3v) is 5.19. The van der Waals surface area contributed by atoms with Crippen LogP contribution < -0.4 is 10.6 Å². The minimum atomic E-state index is -2.87. The lowest BCUT2D eigenvalue weighted by Gasteiger charge is -2.15. The van der Waals surface area contributed by atoms with E-state index in [2.05, 4.69) is 34.7 Å². The van der Waals surface area contributed by atoms with Gasteiger partial charge in [0.25, 0.3) is 0 Å². The fourth-order valence-corrected chi connectivity index (χ4v) is 4.08.